The van der Waals surface area contributed by atoms with E-state index >= 15 is 0 Å². The van der Waals surface area contributed by atoms with E-state index in [1.807, 2.05) is 48.5 Å². The number of nitrogens with one attached hydrogen (secondary N) is 1. The Labute approximate surface area is 301 Å². The van der Waals surface area contributed by atoms with Gasteiger partial charge in [-0.05, 0) is 108 Å². The predicted octanol–water partition coefficient (Wildman–Crippen LogP) is 12.2. The van der Waals surface area contributed by atoms with Crippen LogP contribution in [0.1, 0.15) is 0 Å². The Kier molecular flexibility index (Phi) is 7.14. The number of aromatic amines is 1. The second-order valence-corrected chi connectivity index (χ2v) is 13.2. The summed E-state index contributed by atoms with van der Waals surface area (Å²) in [6.45, 7) is 0. The number of H-pyrrole nitrogens is 1. The molecule has 9 aromatic carbocycles. The highest BCUT2D eigenvalue weighted by molar-refractivity contribution is 6.26. The zero-order chi connectivity index (χ0) is 34.4. The molecule has 1 aromatic heterocycles. The Hall–Kier alpha value is -6.97. The van der Waals surface area contributed by atoms with Crippen molar-refractivity contribution in [3.63, 3.8) is 0 Å². The fraction of sp³-hybridized carbons (Fsp3) is 0. The van der Waals surface area contributed by atoms with Gasteiger partial charge in [0.05, 0.1) is 16.7 Å². The summed E-state index contributed by atoms with van der Waals surface area (Å²) >= 11 is 0. The minimum Gasteiger partial charge on any atom is -0.240 e. The van der Waals surface area contributed by atoms with Crippen molar-refractivity contribution < 1.29 is 4.98 Å². The Morgan fingerprint density at radius 1 is 0.269 bits per heavy atom. The maximum atomic E-state index is 4.99. The molecule has 242 valence electrons. The molecule has 0 aliphatic heterocycles. The second-order valence-electron chi connectivity index (χ2n) is 13.2. The van der Waals surface area contributed by atoms with Gasteiger partial charge in [0.15, 0.2) is 0 Å². The van der Waals surface area contributed by atoms with Crippen molar-refractivity contribution in [3.05, 3.63) is 188 Å². The molecule has 1 heterocycles. The summed E-state index contributed by atoms with van der Waals surface area (Å²) in [5.41, 5.74) is 7.79. The number of nitrogens with zero attached hydrogens (tertiary/aromatic N) is 2. The van der Waals surface area contributed by atoms with Gasteiger partial charge >= 0.3 is 5.82 Å². The van der Waals surface area contributed by atoms with Gasteiger partial charge in [0.1, 0.15) is 0 Å². The molecule has 0 atom stereocenters. The quantitative estimate of drug-likeness (QED) is 0.172. The molecule has 0 unspecified atom stereocenters. The van der Waals surface area contributed by atoms with E-state index in [1.54, 1.807) is 0 Å². The van der Waals surface area contributed by atoms with Crippen LogP contribution < -0.4 is 4.98 Å². The summed E-state index contributed by atoms with van der Waals surface area (Å²) in [4.78, 5) is 13.4. The summed E-state index contributed by atoms with van der Waals surface area (Å²) in [6, 6.07) is 66.9. The number of aromatic nitrogens is 3. The summed E-state index contributed by atoms with van der Waals surface area (Å²) in [5, 5.41) is 10.2. The van der Waals surface area contributed by atoms with Crippen LogP contribution in [-0.2, 0) is 0 Å². The van der Waals surface area contributed by atoms with Gasteiger partial charge in [0, 0.05) is 0 Å². The number of hydrogen-bond donors (Lipinski definition) is 0. The van der Waals surface area contributed by atoms with Crippen LogP contribution in [0, 0.1) is 0 Å². The first-order valence-corrected chi connectivity index (χ1v) is 17.7. The average molecular weight is 663 g/mol. The molecule has 0 radical (unpaired) electrons. The van der Waals surface area contributed by atoms with Crippen LogP contribution in [0.15, 0.2) is 188 Å². The lowest BCUT2D eigenvalue weighted by atomic mass is 9.89. The molecular weight excluding hydrogens is 631 g/mol. The number of benzene rings is 9. The van der Waals surface area contributed by atoms with Gasteiger partial charge < -0.3 is 0 Å². The minimum atomic E-state index is 0.689. The normalized spacial score (nSPS) is 11.5. The van der Waals surface area contributed by atoms with Crippen molar-refractivity contribution in [3.8, 4) is 56.4 Å². The van der Waals surface area contributed by atoms with Crippen molar-refractivity contribution in [1.82, 2.24) is 9.97 Å². The van der Waals surface area contributed by atoms with Crippen molar-refractivity contribution in [2.75, 3.05) is 0 Å². The Morgan fingerprint density at radius 3 is 1.25 bits per heavy atom. The average Bonchev–Trinajstić information content (AvgIpc) is 3.24. The third-order valence-corrected chi connectivity index (χ3v) is 10.2. The van der Waals surface area contributed by atoms with Gasteiger partial charge in [0.2, 0.25) is 0 Å². The highest BCUT2D eigenvalue weighted by Crippen LogP contribution is 2.40. The third-order valence-electron chi connectivity index (χ3n) is 10.2. The molecule has 3 heteroatoms. The van der Waals surface area contributed by atoms with E-state index in [0.717, 1.165) is 33.9 Å². The Bertz CT molecular complexity index is 2840. The van der Waals surface area contributed by atoms with Crippen LogP contribution in [0.5, 0.6) is 0 Å². The van der Waals surface area contributed by atoms with Gasteiger partial charge in [-0.2, -0.15) is 0 Å². The van der Waals surface area contributed by atoms with Gasteiger partial charge in [-0.1, -0.05) is 156 Å². The van der Waals surface area contributed by atoms with Crippen LogP contribution >= 0.6 is 0 Å². The van der Waals surface area contributed by atoms with Crippen molar-refractivity contribution in [2.45, 2.75) is 0 Å². The Balaban J connectivity index is 1.07. The highest BCUT2D eigenvalue weighted by atomic mass is 15.0. The first kappa shape index (κ1) is 29.9. The molecule has 10 aromatic rings. The van der Waals surface area contributed by atoms with Gasteiger partial charge in [0.25, 0.3) is 11.6 Å². The first-order chi connectivity index (χ1) is 25.8. The molecule has 3 nitrogen and oxygen atoms in total. The predicted molar refractivity (Wildman–Crippen MR) is 216 cm³/mol. The summed E-state index contributed by atoms with van der Waals surface area (Å²) in [6.07, 6.45) is 0. The van der Waals surface area contributed by atoms with Crippen LogP contribution in [-0.4, -0.2) is 9.97 Å². The second kappa shape index (κ2) is 12.4. The molecule has 1 N–H and O–H groups in total. The van der Waals surface area contributed by atoms with Crippen LogP contribution in [0.3, 0.4) is 0 Å². The Morgan fingerprint density at radius 2 is 0.673 bits per heavy atom. The van der Waals surface area contributed by atoms with Crippen molar-refractivity contribution in [1.29, 1.82) is 0 Å². The molecule has 0 aliphatic rings. The molecule has 0 aliphatic carbocycles. The maximum absolute atomic E-state index is 4.99. The summed E-state index contributed by atoms with van der Waals surface area (Å²) in [7, 11) is 0. The van der Waals surface area contributed by atoms with Gasteiger partial charge in [-0.15, -0.1) is 0 Å². The smallest absolute Gasteiger partial charge is 0.240 e. The SMILES string of the molecule is c1ccc(-c2nc(-c3ccccc3)[nH+]c(-c3ccc(-c4cccc5c(-c6ccc7c8ccccc8c8ccccc8c7c6)cccc45)cc3)n2)cc1. The molecule has 0 fully saturated rings. The minimum absolute atomic E-state index is 0.689. The number of rotatable bonds is 5. The van der Waals surface area contributed by atoms with Crippen molar-refractivity contribution in [2.24, 2.45) is 0 Å². The van der Waals surface area contributed by atoms with E-state index in [1.165, 1.54) is 59.8 Å². The van der Waals surface area contributed by atoms with E-state index in [0.29, 0.717) is 5.82 Å². The zero-order valence-electron chi connectivity index (χ0n) is 28.3. The molecule has 10 rings (SSSR count). The number of hydrogen-bond acceptors (Lipinski definition) is 2. The first-order valence-electron chi connectivity index (χ1n) is 17.7. The summed E-state index contributed by atoms with van der Waals surface area (Å²) < 4.78 is 0. The van der Waals surface area contributed by atoms with Gasteiger partial charge in [-0.25, -0.2) is 4.98 Å². The van der Waals surface area contributed by atoms with E-state index in [4.69, 9.17) is 9.97 Å². The van der Waals surface area contributed by atoms with Crippen LogP contribution in [0.2, 0.25) is 0 Å². The molecule has 52 heavy (non-hydrogen) atoms. The summed E-state index contributed by atoms with van der Waals surface area (Å²) in [5.74, 6) is 2.25. The lowest BCUT2D eigenvalue weighted by molar-refractivity contribution is -0.359. The standard InChI is InChI=1S/C49H31N3/c1-3-13-33(14-4-1)47-50-48(34-15-5-2-6-16-34)52-49(51-47)35-27-25-32(26-28-35)37-21-11-24-40-38(22-12-23-39(37)40)36-29-30-45-43-19-8-7-17-41(43)42-18-9-10-20-44(42)46(45)31-36/h1-31H/p+1. The molecule has 0 saturated carbocycles. The lowest BCUT2D eigenvalue weighted by Gasteiger charge is -2.14. The van der Waals surface area contributed by atoms with E-state index < -0.39 is 0 Å². The fourth-order valence-corrected chi connectivity index (χ4v) is 7.69. The van der Waals surface area contributed by atoms with E-state index in [-0.39, 0.29) is 0 Å². The molecule has 0 spiro atoms. The van der Waals surface area contributed by atoms with Crippen molar-refractivity contribution >= 4 is 43.1 Å². The highest BCUT2D eigenvalue weighted by Gasteiger charge is 2.20. The van der Waals surface area contributed by atoms with E-state index in [9.17, 15) is 0 Å². The third kappa shape index (κ3) is 5.10. The number of fused-ring (bicyclic) bond motifs is 7. The monoisotopic (exact) mass is 662 g/mol. The van der Waals surface area contributed by atoms with Gasteiger partial charge in [-0.3, -0.25) is 0 Å². The van der Waals surface area contributed by atoms with E-state index in [2.05, 4.69) is 145 Å². The maximum Gasteiger partial charge on any atom is 0.308 e. The van der Waals surface area contributed by atoms with Crippen LogP contribution in [0.25, 0.3) is 99.5 Å². The molecule has 0 saturated heterocycles. The fourth-order valence-electron chi connectivity index (χ4n) is 7.69. The lowest BCUT2D eigenvalue weighted by Crippen LogP contribution is -2.16. The topological polar surface area (TPSA) is 39.9 Å². The zero-order valence-corrected chi connectivity index (χ0v) is 28.3. The van der Waals surface area contributed by atoms with Crippen LogP contribution in [0.4, 0.5) is 0 Å². The largest absolute Gasteiger partial charge is 0.308 e. The molecular formula is C49H32N3+. The molecule has 0 amide bonds. The molecule has 0 bridgehead atoms.